The van der Waals surface area contributed by atoms with Gasteiger partial charge in [0.15, 0.2) is 5.78 Å². The number of Topliss-reactive ketones (excluding diaryl/α,β-unsaturated/α-hetero) is 1. The number of carbonyl (C=O) groups excluding carboxylic acids is 2. The van der Waals surface area contributed by atoms with Gasteiger partial charge in [-0.3, -0.25) is 4.79 Å². The van der Waals surface area contributed by atoms with Crippen molar-refractivity contribution >= 4 is 33.2 Å². The summed E-state index contributed by atoms with van der Waals surface area (Å²) >= 11 is 0. The van der Waals surface area contributed by atoms with E-state index in [1.165, 1.54) is 40.1 Å². The summed E-state index contributed by atoms with van der Waals surface area (Å²) in [6.45, 7) is 3.40. The minimum absolute atomic E-state index is 0.0538. The number of aliphatic hydroxyl groups excluding tert-OH is 1. The summed E-state index contributed by atoms with van der Waals surface area (Å²) in [5, 5.41) is 17.7. The van der Waals surface area contributed by atoms with E-state index in [1.54, 1.807) is 6.07 Å². The van der Waals surface area contributed by atoms with Crippen LogP contribution in [-0.2, 0) is 19.6 Å². The Kier molecular flexibility index (Phi) is 7.38. The smallest absolute Gasteiger partial charge is 0.340 e. The molecule has 1 saturated heterocycles. The number of sulfonamides is 1. The second-order valence-corrected chi connectivity index (χ2v) is 9.39. The predicted octanol–water partition coefficient (Wildman–Crippen LogP) is 2.13. The highest BCUT2D eigenvalue weighted by Crippen LogP contribution is 2.29. The summed E-state index contributed by atoms with van der Waals surface area (Å²) in [5.41, 5.74) is 0.247. The lowest BCUT2D eigenvalue weighted by atomic mass is 10.1. The zero-order valence-corrected chi connectivity index (χ0v) is 18.4. The average Bonchev–Trinajstić information content (AvgIpc) is 3.19. The standard InChI is InChI=1S/C20H27N3O6S/c1-13(21)19(14(2)24)18(25)12-29-20(26)16-11-15(30(27,28)22(3)4)7-8-17(16)23-9-5-6-10-23/h7-8,11,21,25H,5-6,9-10,12H2,1-4H3/b19-18-,21-13?. The first-order valence-electron chi connectivity index (χ1n) is 9.44. The number of ketones is 1. The number of rotatable bonds is 8. The van der Waals surface area contributed by atoms with E-state index in [1.807, 2.05) is 4.90 Å². The maximum atomic E-state index is 12.8. The van der Waals surface area contributed by atoms with Gasteiger partial charge in [-0.2, -0.15) is 0 Å². The van der Waals surface area contributed by atoms with Gasteiger partial charge < -0.3 is 20.2 Å². The second-order valence-electron chi connectivity index (χ2n) is 7.24. The lowest BCUT2D eigenvalue weighted by Gasteiger charge is -2.22. The number of aliphatic hydroxyl groups is 1. The zero-order valence-electron chi connectivity index (χ0n) is 17.6. The molecule has 1 heterocycles. The minimum atomic E-state index is -3.76. The first-order valence-corrected chi connectivity index (χ1v) is 10.9. The number of carbonyl (C=O) groups is 2. The molecule has 0 radical (unpaired) electrons. The molecule has 1 aromatic carbocycles. The van der Waals surface area contributed by atoms with E-state index in [0.29, 0.717) is 5.69 Å². The minimum Gasteiger partial charge on any atom is -0.508 e. The number of allylic oxidation sites excluding steroid dienone is 1. The molecule has 0 aromatic heterocycles. The number of hydrogen-bond acceptors (Lipinski definition) is 8. The van der Waals surface area contributed by atoms with Crippen molar-refractivity contribution in [3.63, 3.8) is 0 Å². The Bertz CT molecular complexity index is 976. The van der Waals surface area contributed by atoms with Crippen LogP contribution in [0.15, 0.2) is 34.4 Å². The van der Waals surface area contributed by atoms with E-state index in [0.717, 1.165) is 30.2 Å². The third kappa shape index (κ3) is 5.06. The maximum absolute atomic E-state index is 12.8. The Labute approximate surface area is 176 Å². The van der Waals surface area contributed by atoms with Crippen LogP contribution in [0.3, 0.4) is 0 Å². The number of ether oxygens (including phenoxy) is 1. The lowest BCUT2D eigenvalue weighted by molar-refractivity contribution is -0.113. The zero-order chi connectivity index (χ0) is 22.6. The van der Waals surface area contributed by atoms with Crippen LogP contribution in [0.1, 0.15) is 37.0 Å². The highest BCUT2D eigenvalue weighted by molar-refractivity contribution is 7.89. The van der Waals surface area contributed by atoms with Gasteiger partial charge in [-0.25, -0.2) is 17.5 Å². The molecule has 0 spiro atoms. The van der Waals surface area contributed by atoms with Gasteiger partial charge >= 0.3 is 5.97 Å². The van der Waals surface area contributed by atoms with Gasteiger partial charge in [0.25, 0.3) is 0 Å². The van der Waals surface area contributed by atoms with Gasteiger partial charge in [-0.1, -0.05) is 0 Å². The van der Waals surface area contributed by atoms with E-state index in [9.17, 15) is 23.1 Å². The highest BCUT2D eigenvalue weighted by atomic mass is 32.2. The van der Waals surface area contributed by atoms with Crippen LogP contribution in [0.2, 0.25) is 0 Å². The maximum Gasteiger partial charge on any atom is 0.340 e. The number of benzene rings is 1. The van der Waals surface area contributed by atoms with Gasteiger partial charge in [0.1, 0.15) is 12.4 Å². The second kappa shape index (κ2) is 9.40. The van der Waals surface area contributed by atoms with E-state index >= 15 is 0 Å². The molecule has 10 heteroatoms. The first kappa shape index (κ1) is 23.6. The number of nitrogens with zero attached hydrogens (tertiary/aromatic N) is 2. The van der Waals surface area contributed by atoms with Crippen LogP contribution < -0.4 is 4.90 Å². The van der Waals surface area contributed by atoms with Crippen molar-refractivity contribution in [2.24, 2.45) is 0 Å². The van der Waals surface area contributed by atoms with Crippen molar-refractivity contribution < 1.29 is 27.9 Å². The summed E-state index contributed by atoms with van der Waals surface area (Å²) in [4.78, 5) is 26.3. The molecular formula is C20H27N3O6S. The molecule has 0 saturated carbocycles. The average molecular weight is 438 g/mol. The fourth-order valence-electron chi connectivity index (χ4n) is 3.25. The molecule has 0 atom stereocenters. The van der Waals surface area contributed by atoms with Crippen molar-refractivity contribution in [2.75, 3.05) is 38.7 Å². The molecule has 0 unspecified atom stereocenters. The first-order chi connectivity index (χ1) is 14.0. The van der Waals surface area contributed by atoms with Crippen LogP contribution >= 0.6 is 0 Å². The molecule has 1 fully saturated rings. The number of nitrogens with one attached hydrogen (secondary N) is 1. The third-order valence-corrected chi connectivity index (χ3v) is 6.58. The van der Waals surface area contributed by atoms with E-state index in [2.05, 4.69) is 0 Å². The quantitative estimate of drug-likeness (QED) is 0.276. The van der Waals surface area contributed by atoms with Crippen LogP contribution in [0, 0.1) is 5.41 Å². The fraction of sp³-hybridized carbons (Fsp3) is 0.450. The molecule has 1 aliphatic heterocycles. The highest BCUT2D eigenvalue weighted by Gasteiger charge is 2.26. The van der Waals surface area contributed by atoms with Gasteiger partial charge in [0.2, 0.25) is 10.0 Å². The topological polar surface area (TPSA) is 128 Å². The number of esters is 1. The summed E-state index contributed by atoms with van der Waals surface area (Å²) in [7, 11) is -0.972. The Morgan fingerprint density at radius 1 is 1.20 bits per heavy atom. The lowest BCUT2D eigenvalue weighted by Crippen LogP contribution is -2.25. The van der Waals surface area contributed by atoms with Crippen molar-refractivity contribution in [1.29, 1.82) is 5.41 Å². The van der Waals surface area contributed by atoms with Crippen molar-refractivity contribution in [3.8, 4) is 0 Å². The molecule has 1 aliphatic rings. The Morgan fingerprint density at radius 3 is 2.30 bits per heavy atom. The predicted molar refractivity (Wildman–Crippen MR) is 113 cm³/mol. The van der Waals surface area contributed by atoms with E-state index < -0.39 is 34.1 Å². The van der Waals surface area contributed by atoms with Crippen LogP contribution in [-0.4, -0.2) is 69.1 Å². The molecule has 9 nitrogen and oxygen atoms in total. The molecule has 0 amide bonds. The summed E-state index contributed by atoms with van der Waals surface area (Å²) in [6.07, 6.45) is 1.91. The molecular weight excluding hydrogens is 410 g/mol. The summed E-state index contributed by atoms with van der Waals surface area (Å²) in [6, 6.07) is 4.29. The summed E-state index contributed by atoms with van der Waals surface area (Å²) < 4.78 is 31.2. The van der Waals surface area contributed by atoms with Gasteiger partial charge in [0, 0.05) is 32.9 Å². The SMILES string of the molecule is CC(=N)/C(C(C)=O)=C(/O)COC(=O)c1cc(S(=O)(=O)N(C)C)ccc1N1CCCC1. The molecule has 30 heavy (non-hydrogen) atoms. The fourth-order valence-corrected chi connectivity index (χ4v) is 4.18. The van der Waals surface area contributed by atoms with Crippen molar-refractivity contribution in [3.05, 3.63) is 35.1 Å². The molecule has 1 aromatic rings. The van der Waals surface area contributed by atoms with Gasteiger partial charge in [-0.05, 0) is 44.9 Å². The van der Waals surface area contributed by atoms with Crippen LogP contribution in [0.4, 0.5) is 5.69 Å². The largest absolute Gasteiger partial charge is 0.508 e. The molecule has 2 N–H and O–H groups in total. The van der Waals surface area contributed by atoms with Gasteiger partial charge in [0.05, 0.1) is 21.7 Å². The number of anilines is 1. The van der Waals surface area contributed by atoms with Crippen molar-refractivity contribution in [2.45, 2.75) is 31.6 Å². The van der Waals surface area contributed by atoms with Crippen LogP contribution in [0.25, 0.3) is 0 Å². The van der Waals surface area contributed by atoms with E-state index in [-0.39, 0.29) is 21.7 Å². The Hall–Kier alpha value is -2.72. The molecule has 2 rings (SSSR count). The van der Waals surface area contributed by atoms with Crippen molar-refractivity contribution in [1.82, 2.24) is 4.31 Å². The molecule has 0 aliphatic carbocycles. The Balaban J connectivity index is 2.41. The number of hydrogen-bond donors (Lipinski definition) is 2. The van der Waals surface area contributed by atoms with Gasteiger partial charge in [-0.15, -0.1) is 0 Å². The van der Waals surface area contributed by atoms with Crippen LogP contribution in [0.5, 0.6) is 0 Å². The monoisotopic (exact) mass is 437 g/mol. The molecule has 164 valence electrons. The molecule has 0 bridgehead atoms. The summed E-state index contributed by atoms with van der Waals surface area (Å²) in [5.74, 6) is -1.87. The van der Waals surface area contributed by atoms with E-state index in [4.69, 9.17) is 10.1 Å². The third-order valence-electron chi connectivity index (χ3n) is 4.77. The normalized spacial score (nSPS) is 15.2. The Morgan fingerprint density at radius 2 is 1.80 bits per heavy atom.